The molecule has 1 heterocycles. The van der Waals surface area contributed by atoms with Gasteiger partial charge in [-0.25, -0.2) is 4.79 Å². The molecule has 0 spiro atoms. The molecular weight excluding hydrogens is 1040 g/mol. The lowest BCUT2D eigenvalue weighted by Gasteiger charge is -2.44. The number of unbranched alkanes of at least 4 members (excludes halogenated alkanes) is 32. The normalized spacial score (nSPS) is 15.3. The van der Waals surface area contributed by atoms with Crippen LogP contribution in [0.1, 0.15) is 268 Å². The average Bonchev–Trinajstić information content (AvgIpc) is 3.47. The minimum Gasteiger partial charge on any atom is -0.497 e. The van der Waals surface area contributed by atoms with Gasteiger partial charge in [0.05, 0.1) is 39.6 Å². The highest BCUT2D eigenvalue weighted by Gasteiger charge is 2.51. The number of nitrogens with one attached hydrogen (secondary N) is 1. The van der Waals surface area contributed by atoms with Crippen molar-refractivity contribution in [2.24, 2.45) is 0 Å². The molecule has 1 aliphatic rings. The molecule has 83 heavy (non-hydrogen) atoms. The summed E-state index contributed by atoms with van der Waals surface area (Å²) in [7, 11) is 3.29. The number of carbonyl (C=O) groups is 2. The van der Waals surface area contributed by atoms with Gasteiger partial charge in [-0.1, -0.05) is 267 Å². The molecule has 11 nitrogen and oxygen atoms in total. The Morgan fingerprint density at radius 1 is 0.542 bits per heavy atom. The maximum atomic E-state index is 14.3. The molecule has 2 N–H and O–H groups in total. The first kappa shape index (κ1) is 71.3. The Kier molecular flexibility index (Phi) is 40.4. The number of benzene rings is 3. The van der Waals surface area contributed by atoms with E-state index in [1.165, 1.54) is 186 Å². The number of aliphatic hydroxyl groups excluding tert-OH is 1. The number of amides is 2. The Bertz CT molecular complexity index is 2000. The maximum Gasteiger partial charge on any atom is 0.407 e. The van der Waals surface area contributed by atoms with E-state index in [4.69, 9.17) is 28.4 Å². The zero-order valence-electron chi connectivity index (χ0n) is 53.0. The van der Waals surface area contributed by atoms with Crippen molar-refractivity contribution in [3.05, 3.63) is 95.6 Å². The van der Waals surface area contributed by atoms with Crippen LogP contribution in [0.3, 0.4) is 0 Å². The van der Waals surface area contributed by atoms with Gasteiger partial charge in [0.1, 0.15) is 29.8 Å². The lowest BCUT2D eigenvalue weighted by atomic mass is 9.78. The van der Waals surface area contributed by atoms with Crippen molar-refractivity contribution in [1.29, 1.82) is 0 Å². The third-order valence-electron chi connectivity index (χ3n) is 17.0. The van der Waals surface area contributed by atoms with Gasteiger partial charge in [0, 0.05) is 32.7 Å². The highest BCUT2D eigenvalue weighted by Crippen LogP contribution is 2.45. The molecule has 0 radical (unpaired) electrons. The SMILES string of the molecule is CCCCCCCCCCCCCCCCCCOCC(COC(=O)NCCCCCC(=O)N1CC(O)CC1C(OCc1ccc(OC)cc1)(c1ccccc1)c1ccc(OC)cc1)OCCCCCCCCCCCCCCCCCC. The van der Waals surface area contributed by atoms with Crippen LogP contribution in [0.4, 0.5) is 4.79 Å². The second-order valence-corrected chi connectivity index (χ2v) is 23.9. The van der Waals surface area contributed by atoms with Crippen molar-refractivity contribution >= 4 is 12.0 Å². The van der Waals surface area contributed by atoms with Crippen LogP contribution in [0.5, 0.6) is 11.5 Å². The Labute approximate surface area is 505 Å². The topological polar surface area (TPSA) is 125 Å². The summed E-state index contributed by atoms with van der Waals surface area (Å²) >= 11 is 0. The number of hydrogen-bond donors (Lipinski definition) is 2. The highest BCUT2D eigenvalue weighted by molar-refractivity contribution is 5.77. The molecule has 0 bridgehead atoms. The molecule has 1 saturated heterocycles. The second-order valence-electron chi connectivity index (χ2n) is 23.9. The standard InChI is InChI=1S/C72H118N2O9/c1-5-7-9-11-13-15-17-19-21-23-25-27-29-31-33-41-55-80-60-68(81-56-42-34-32-30-28-26-24-22-20-18-16-14-12-10-8-6-2)61-82-71(77)73-54-40-36-39-45-70(76)74-58-65(75)57-69(74)72(63-43-37-35-38-44-63,64-48-52-67(79-4)53-49-64)83-59-62-46-50-66(78-3)51-47-62/h35,37-38,43-44,46-53,65,68-69,75H,5-34,36,39-42,45,54-61H2,1-4H3,(H,73,77). The van der Waals surface area contributed by atoms with E-state index >= 15 is 0 Å². The number of nitrogens with zero attached hydrogens (tertiary/aromatic N) is 1. The molecule has 11 heteroatoms. The second kappa shape index (κ2) is 47.0. The van der Waals surface area contributed by atoms with E-state index in [9.17, 15) is 14.7 Å². The number of hydrogen-bond acceptors (Lipinski definition) is 9. The molecule has 4 atom stereocenters. The molecule has 0 aliphatic carbocycles. The molecule has 470 valence electrons. The van der Waals surface area contributed by atoms with Crippen LogP contribution in [0.2, 0.25) is 0 Å². The van der Waals surface area contributed by atoms with Gasteiger partial charge in [-0.3, -0.25) is 4.79 Å². The van der Waals surface area contributed by atoms with Crippen LogP contribution >= 0.6 is 0 Å². The third kappa shape index (κ3) is 30.7. The van der Waals surface area contributed by atoms with Crippen LogP contribution in [-0.2, 0) is 35.9 Å². The van der Waals surface area contributed by atoms with E-state index in [1.54, 1.807) is 14.2 Å². The Hall–Kier alpha value is -4.16. The maximum absolute atomic E-state index is 14.3. The summed E-state index contributed by atoms with van der Waals surface area (Å²) in [6.45, 7) is 7.37. The zero-order chi connectivity index (χ0) is 59.1. The number of methoxy groups -OCH3 is 2. The van der Waals surface area contributed by atoms with Gasteiger partial charge < -0.3 is 43.7 Å². The quantitative estimate of drug-likeness (QED) is 0.0532. The van der Waals surface area contributed by atoms with E-state index in [2.05, 4.69) is 19.2 Å². The Morgan fingerprint density at radius 2 is 0.988 bits per heavy atom. The van der Waals surface area contributed by atoms with E-state index in [-0.39, 0.29) is 31.8 Å². The molecule has 4 rings (SSSR count). The Morgan fingerprint density at radius 3 is 1.48 bits per heavy atom. The molecule has 0 saturated carbocycles. The molecule has 0 aromatic heterocycles. The summed E-state index contributed by atoms with van der Waals surface area (Å²) in [4.78, 5) is 29.2. The smallest absolute Gasteiger partial charge is 0.407 e. The first-order valence-electron chi connectivity index (χ1n) is 33.9. The first-order chi connectivity index (χ1) is 40.8. The van der Waals surface area contributed by atoms with E-state index < -0.39 is 23.8 Å². The summed E-state index contributed by atoms with van der Waals surface area (Å²) < 4.78 is 36.3. The van der Waals surface area contributed by atoms with E-state index in [0.29, 0.717) is 57.8 Å². The largest absolute Gasteiger partial charge is 0.497 e. The van der Waals surface area contributed by atoms with Crippen molar-refractivity contribution in [3.8, 4) is 11.5 Å². The van der Waals surface area contributed by atoms with Gasteiger partial charge in [0.25, 0.3) is 0 Å². The summed E-state index contributed by atoms with van der Waals surface area (Å²) in [6.07, 6.45) is 43.9. The number of β-amino-alcohol motifs (C(OH)–C–C–N with tert-alkyl or cyclic N) is 1. The molecule has 1 aliphatic heterocycles. The van der Waals surface area contributed by atoms with Crippen molar-refractivity contribution in [1.82, 2.24) is 10.2 Å². The number of aliphatic hydroxyl groups is 1. The average molecular weight is 1160 g/mol. The van der Waals surface area contributed by atoms with Gasteiger partial charge in [0.2, 0.25) is 5.91 Å². The predicted molar refractivity (Wildman–Crippen MR) is 342 cm³/mol. The van der Waals surface area contributed by atoms with Crippen LogP contribution in [-0.4, -0.2) is 94.0 Å². The monoisotopic (exact) mass is 1150 g/mol. The first-order valence-corrected chi connectivity index (χ1v) is 33.9. The van der Waals surface area contributed by atoms with E-state index in [0.717, 1.165) is 48.1 Å². The fourth-order valence-electron chi connectivity index (χ4n) is 11.9. The minimum atomic E-state index is -1.11. The van der Waals surface area contributed by atoms with Gasteiger partial charge >= 0.3 is 6.09 Å². The van der Waals surface area contributed by atoms with Crippen LogP contribution in [0.15, 0.2) is 78.9 Å². The van der Waals surface area contributed by atoms with Crippen LogP contribution in [0.25, 0.3) is 0 Å². The van der Waals surface area contributed by atoms with Crippen molar-refractivity contribution in [3.63, 3.8) is 0 Å². The lowest BCUT2D eigenvalue weighted by molar-refractivity contribution is -0.141. The number of ether oxygens (including phenoxy) is 6. The molecule has 4 unspecified atom stereocenters. The Balaban J connectivity index is 1.18. The number of likely N-dealkylation sites (tertiary alicyclic amines) is 1. The minimum absolute atomic E-state index is 0.0385. The third-order valence-corrected chi connectivity index (χ3v) is 17.0. The molecule has 3 aromatic rings. The fraction of sp³-hybridized carbons (Fsp3) is 0.722. The van der Waals surface area contributed by atoms with Crippen LogP contribution in [0, 0.1) is 0 Å². The fourth-order valence-corrected chi connectivity index (χ4v) is 11.9. The number of alkyl carbamates (subject to hydrolysis) is 1. The summed E-state index contributed by atoms with van der Waals surface area (Å²) in [5, 5.41) is 14.2. The zero-order valence-corrected chi connectivity index (χ0v) is 53.0. The molecular formula is C72H118N2O9. The van der Waals surface area contributed by atoms with Crippen molar-refractivity contribution in [2.45, 2.75) is 282 Å². The summed E-state index contributed by atoms with van der Waals surface area (Å²) in [5.74, 6) is 1.43. The summed E-state index contributed by atoms with van der Waals surface area (Å²) in [6, 6.07) is 25.1. The van der Waals surface area contributed by atoms with Gasteiger partial charge in [-0.2, -0.15) is 0 Å². The van der Waals surface area contributed by atoms with Gasteiger partial charge in [-0.15, -0.1) is 0 Å². The number of rotatable bonds is 53. The number of carbonyl (C=O) groups excluding carboxylic acids is 2. The lowest BCUT2D eigenvalue weighted by Crippen LogP contribution is -2.52. The molecule has 3 aromatic carbocycles. The predicted octanol–water partition coefficient (Wildman–Crippen LogP) is 18.3. The molecule has 1 fully saturated rings. The summed E-state index contributed by atoms with van der Waals surface area (Å²) in [5.41, 5.74) is 1.59. The molecule has 2 amide bonds. The van der Waals surface area contributed by atoms with Crippen LogP contribution < -0.4 is 14.8 Å². The van der Waals surface area contributed by atoms with Crippen molar-refractivity contribution in [2.75, 3.05) is 53.7 Å². The van der Waals surface area contributed by atoms with Gasteiger partial charge in [0.15, 0.2) is 0 Å². The van der Waals surface area contributed by atoms with E-state index in [1.807, 2.05) is 83.8 Å². The van der Waals surface area contributed by atoms with Crippen molar-refractivity contribution < 1.29 is 43.1 Å². The highest BCUT2D eigenvalue weighted by atomic mass is 16.6. The van der Waals surface area contributed by atoms with Gasteiger partial charge in [-0.05, 0) is 73.1 Å².